The summed E-state index contributed by atoms with van der Waals surface area (Å²) < 4.78 is 0. The molecule has 1 rings (SSSR count). The van der Waals surface area contributed by atoms with Crippen molar-refractivity contribution in [1.82, 2.24) is 0 Å². The van der Waals surface area contributed by atoms with Crippen LogP contribution in [0.2, 0.25) is 0 Å². The first kappa shape index (κ1) is 7.96. The first-order chi connectivity index (χ1) is 3.39. The van der Waals surface area contributed by atoms with Crippen LogP contribution < -0.4 is 0 Å². The summed E-state index contributed by atoms with van der Waals surface area (Å²) in [5.74, 6) is 0. The van der Waals surface area contributed by atoms with Crippen molar-refractivity contribution >= 4 is 18.1 Å². The molecule has 0 radical (unpaired) electrons. The van der Waals surface area contributed by atoms with E-state index in [2.05, 4.69) is 11.9 Å². The molecule has 0 saturated carbocycles. The minimum Gasteiger partial charge on any atom is -0.294 e. The first-order valence-corrected chi connectivity index (χ1v) is 2.89. The molecule has 1 aliphatic rings. The SMILES string of the molecule is CC1=NCCCC1.Cl. The van der Waals surface area contributed by atoms with E-state index in [4.69, 9.17) is 0 Å². The average Bonchev–Trinajstić information content (AvgIpc) is 1.69. The summed E-state index contributed by atoms with van der Waals surface area (Å²) in [5.41, 5.74) is 1.34. The lowest BCUT2D eigenvalue weighted by molar-refractivity contribution is 0.736. The van der Waals surface area contributed by atoms with E-state index in [9.17, 15) is 0 Å². The fraction of sp³-hybridized carbons (Fsp3) is 0.833. The summed E-state index contributed by atoms with van der Waals surface area (Å²) in [6.45, 7) is 3.19. The van der Waals surface area contributed by atoms with Crippen molar-refractivity contribution in [2.75, 3.05) is 6.54 Å². The van der Waals surface area contributed by atoms with Crippen molar-refractivity contribution in [3.63, 3.8) is 0 Å². The molecule has 0 saturated heterocycles. The van der Waals surface area contributed by atoms with Gasteiger partial charge in [-0.25, -0.2) is 0 Å². The van der Waals surface area contributed by atoms with Gasteiger partial charge in [0.25, 0.3) is 0 Å². The van der Waals surface area contributed by atoms with Crippen LogP contribution in [0.5, 0.6) is 0 Å². The van der Waals surface area contributed by atoms with Crippen LogP contribution in [-0.2, 0) is 0 Å². The van der Waals surface area contributed by atoms with Crippen molar-refractivity contribution < 1.29 is 0 Å². The molecule has 1 heterocycles. The van der Waals surface area contributed by atoms with Crippen molar-refractivity contribution in [3.05, 3.63) is 0 Å². The minimum absolute atomic E-state index is 0. The molecule has 0 fully saturated rings. The Morgan fingerprint density at radius 3 is 2.38 bits per heavy atom. The molecule has 0 atom stereocenters. The summed E-state index contributed by atoms with van der Waals surface area (Å²) in [4.78, 5) is 4.25. The number of hydrogen-bond donors (Lipinski definition) is 0. The summed E-state index contributed by atoms with van der Waals surface area (Å²) in [6.07, 6.45) is 3.90. The van der Waals surface area contributed by atoms with E-state index in [1.807, 2.05) is 0 Å². The van der Waals surface area contributed by atoms with Gasteiger partial charge in [-0.2, -0.15) is 0 Å². The van der Waals surface area contributed by atoms with Gasteiger partial charge in [0, 0.05) is 12.3 Å². The lowest BCUT2D eigenvalue weighted by Crippen LogP contribution is -1.99. The van der Waals surface area contributed by atoms with Crippen LogP contribution >= 0.6 is 12.4 Å². The van der Waals surface area contributed by atoms with E-state index in [0.29, 0.717) is 0 Å². The van der Waals surface area contributed by atoms with Gasteiger partial charge in [0.05, 0.1) is 0 Å². The highest BCUT2D eigenvalue weighted by Crippen LogP contribution is 2.03. The van der Waals surface area contributed by atoms with Crippen molar-refractivity contribution in [2.24, 2.45) is 4.99 Å². The molecule has 0 bridgehead atoms. The molecule has 8 heavy (non-hydrogen) atoms. The van der Waals surface area contributed by atoms with E-state index in [1.54, 1.807) is 0 Å². The first-order valence-electron chi connectivity index (χ1n) is 2.89. The smallest absolute Gasteiger partial charge is 0.0388 e. The molecule has 48 valence electrons. The van der Waals surface area contributed by atoms with Gasteiger partial charge < -0.3 is 0 Å². The zero-order valence-electron chi connectivity index (χ0n) is 5.18. The highest BCUT2D eigenvalue weighted by Gasteiger charge is 1.96. The predicted molar refractivity (Wildman–Crippen MR) is 39.1 cm³/mol. The summed E-state index contributed by atoms with van der Waals surface area (Å²) in [6, 6.07) is 0. The molecule has 0 aromatic rings. The van der Waals surface area contributed by atoms with Crippen LogP contribution in [0.3, 0.4) is 0 Å². The fourth-order valence-electron chi connectivity index (χ4n) is 0.842. The minimum atomic E-state index is 0. The Labute approximate surface area is 56.6 Å². The molecule has 0 aromatic heterocycles. The van der Waals surface area contributed by atoms with Crippen LogP contribution in [0.25, 0.3) is 0 Å². The Hall–Kier alpha value is -0.0400. The third-order valence-corrected chi connectivity index (χ3v) is 1.33. The molecule has 0 amide bonds. The molecule has 0 aliphatic carbocycles. The van der Waals surface area contributed by atoms with Gasteiger partial charge in [-0.1, -0.05) is 0 Å². The monoisotopic (exact) mass is 133 g/mol. The summed E-state index contributed by atoms with van der Waals surface area (Å²) >= 11 is 0. The number of halogens is 1. The molecule has 1 aliphatic heterocycles. The van der Waals surface area contributed by atoms with Gasteiger partial charge in [-0.15, -0.1) is 12.4 Å². The Kier molecular flexibility index (Phi) is 3.88. The van der Waals surface area contributed by atoms with Crippen LogP contribution in [0.4, 0.5) is 0 Å². The van der Waals surface area contributed by atoms with Gasteiger partial charge in [0.1, 0.15) is 0 Å². The largest absolute Gasteiger partial charge is 0.294 e. The van der Waals surface area contributed by atoms with Crippen LogP contribution in [0, 0.1) is 0 Å². The maximum atomic E-state index is 4.25. The van der Waals surface area contributed by atoms with E-state index >= 15 is 0 Å². The van der Waals surface area contributed by atoms with Crippen LogP contribution in [0.1, 0.15) is 26.2 Å². The van der Waals surface area contributed by atoms with Crippen LogP contribution in [-0.4, -0.2) is 12.3 Å². The topological polar surface area (TPSA) is 12.4 Å². The van der Waals surface area contributed by atoms with Crippen LogP contribution in [0.15, 0.2) is 4.99 Å². The second kappa shape index (κ2) is 3.90. The highest BCUT2D eigenvalue weighted by molar-refractivity contribution is 5.85. The van der Waals surface area contributed by atoms with Gasteiger partial charge >= 0.3 is 0 Å². The number of nitrogens with zero attached hydrogens (tertiary/aromatic N) is 1. The van der Waals surface area contributed by atoms with Gasteiger partial charge in [-0.05, 0) is 26.2 Å². The zero-order valence-corrected chi connectivity index (χ0v) is 6.00. The summed E-state index contributed by atoms with van der Waals surface area (Å²) in [7, 11) is 0. The second-order valence-corrected chi connectivity index (χ2v) is 2.07. The van der Waals surface area contributed by atoms with Crippen molar-refractivity contribution in [3.8, 4) is 0 Å². The lowest BCUT2D eigenvalue weighted by Gasteiger charge is -2.04. The number of aliphatic imine (C=N–C) groups is 1. The zero-order chi connectivity index (χ0) is 5.11. The Balaban J connectivity index is 0.000000490. The lowest BCUT2D eigenvalue weighted by atomic mass is 10.1. The van der Waals surface area contributed by atoms with E-state index < -0.39 is 0 Å². The standard InChI is InChI=1S/C6H11N.ClH/c1-6-4-2-3-5-7-6;/h2-5H2,1H3;1H. The molecule has 0 unspecified atom stereocenters. The third kappa shape index (κ3) is 2.31. The Bertz CT molecular complexity index is 88.5. The maximum Gasteiger partial charge on any atom is 0.0388 e. The molecule has 0 N–H and O–H groups in total. The number of hydrogen-bond acceptors (Lipinski definition) is 1. The van der Waals surface area contributed by atoms with E-state index in [0.717, 1.165) is 6.54 Å². The average molecular weight is 134 g/mol. The normalized spacial score (nSPS) is 18.9. The molecular weight excluding hydrogens is 122 g/mol. The molecular formula is C6H12ClN. The predicted octanol–water partition coefficient (Wildman–Crippen LogP) is 2.05. The van der Waals surface area contributed by atoms with E-state index in [1.165, 1.54) is 25.0 Å². The van der Waals surface area contributed by atoms with Crippen molar-refractivity contribution in [1.29, 1.82) is 0 Å². The quantitative estimate of drug-likeness (QED) is 0.480. The molecule has 1 nitrogen and oxygen atoms in total. The fourth-order valence-corrected chi connectivity index (χ4v) is 0.842. The van der Waals surface area contributed by atoms with Crippen molar-refractivity contribution in [2.45, 2.75) is 26.2 Å². The Morgan fingerprint density at radius 2 is 2.12 bits per heavy atom. The Morgan fingerprint density at radius 1 is 1.38 bits per heavy atom. The second-order valence-electron chi connectivity index (χ2n) is 2.07. The maximum absolute atomic E-state index is 4.25. The number of rotatable bonds is 0. The van der Waals surface area contributed by atoms with E-state index in [-0.39, 0.29) is 12.4 Å². The molecule has 0 spiro atoms. The highest BCUT2D eigenvalue weighted by atomic mass is 35.5. The molecule has 2 heteroatoms. The van der Waals surface area contributed by atoms with Gasteiger partial charge in [0.15, 0.2) is 0 Å². The van der Waals surface area contributed by atoms with Gasteiger partial charge in [0.2, 0.25) is 0 Å². The third-order valence-electron chi connectivity index (χ3n) is 1.33. The molecule has 0 aromatic carbocycles. The van der Waals surface area contributed by atoms with Gasteiger partial charge in [-0.3, -0.25) is 4.99 Å². The summed E-state index contributed by atoms with van der Waals surface area (Å²) in [5, 5.41) is 0.